The predicted octanol–water partition coefficient (Wildman–Crippen LogP) is 2.13. The first-order valence-electron chi connectivity index (χ1n) is 12.5. The van der Waals surface area contributed by atoms with Crippen LogP contribution in [0.2, 0.25) is 0 Å². The Balaban J connectivity index is 1.48. The van der Waals surface area contributed by atoms with E-state index in [0.29, 0.717) is 42.0 Å². The lowest BCUT2D eigenvalue weighted by molar-refractivity contribution is -0.125. The van der Waals surface area contributed by atoms with E-state index in [1.807, 2.05) is 24.3 Å². The number of hydrogen-bond donors (Lipinski definition) is 1. The number of anilines is 3. The summed E-state index contributed by atoms with van der Waals surface area (Å²) < 4.78 is 7.18. The van der Waals surface area contributed by atoms with Crippen LogP contribution in [0, 0.1) is 11.3 Å². The van der Waals surface area contributed by atoms with Crippen LogP contribution in [-0.4, -0.2) is 83.7 Å². The Labute approximate surface area is 220 Å². The number of amides is 1. The summed E-state index contributed by atoms with van der Waals surface area (Å²) in [6.45, 7) is 8.28. The van der Waals surface area contributed by atoms with Crippen LogP contribution in [0.3, 0.4) is 0 Å². The number of pyridine rings is 1. The molecule has 1 amide bonds. The molecular formula is C27H30N8O3. The van der Waals surface area contributed by atoms with Gasteiger partial charge in [0.1, 0.15) is 23.0 Å². The number of ether oxygens (including phenoxy) is 1. The number of aromatic nitrogens is 3. The third kappa shape index (κ3) is 4.78. The molecular weight excluding hydrogens is 484 g/mol. The van der Waals surface area contributed by atoms with Crippen molar-refractivity contribution in [2.24, 2.45) is 0 Å². The van der Waals surface area contributed by atoms with Crippen LogP contribution in [0.1, 0.15) is 18.0 Å². The van der Waals surface area contributed by atoms with E-state index in [9.17, 15) is 14.9 Å². The molecule has 0 aliphatic carbocycles. The lowest BCUT2D eigenvalue weighted by Gasteiger charge is -2.34. The van der Waals surface area contributed by atoms with E-state index >= 15 is 0 Å². The summed E-state index contributed by atoms with van der Waals surface area (Å²) in [7, 11) is 3.74. The number of likely N-dealkylation sites (tertiary alicyclic amines) is 1. The van der Waals surface area contributed by atoms with Crippen LogP contribution in [0.15, 0.2) is 47.9 Å². The third-order valence-electron chi connectivity index (χ3n) is 7.21. The van der Waals surface area contributed by atoms with Crippen molar-refractivity contribution in [2.45, 2.75) is 12.5 Å². The summed E-state index contributed by atoms with van der Waals surface area (Å²) in [5.41, 5.74) is 1.75. The Morgan fingerprint density at radius 2 is 2.03 bits per heavy atom. The van der Waals surface area contributed by atoms with Crippen molar-refractivity contribution in [2.75, 3.05) is 63.6 Å². The molecule has 2 fully saturated rings. The van der Waals surface area contributed by atoms with Crippen LogP contribution >= 0.6 is 0 Å². The number of hydrogen-bond acceptors (Lipinski definition) is 9. The molecule has 196 valence electrons. The Morgan fingerprint density at radius 3 is 2.74 bits per heavy atom. The van der Waals surface area contributed by atoms with Crippen LogP contribution in [-0.2, 0) is 4.79 Å². The van der Waals surface area contributed by atoms with Crippen molar-refractivity contribution in [1.82, 2.24) is 24.3 Å². The van der Waals surface area contributed by atoms with Crippen molar-refractivity contribution in [1.29, 1.82) is 5.26 Å². The summed E-state index contributed by atoms with van der Waals surface area (Å²) in [5, 5.41) is 13.3. The Hall–Kier alpha value is -4.43. The second-order valence-electron chi connectivity index (χ2n) is 9.55. The minimum atomic E-state index is -0.434. The molecule has 11 nitrogen and oxygen atoms in total. The monoisotopic (exact) mass is 514 g/mol. The standard InChI is InChI=1S/C27H30N8O3/c1-4-24(36)34-8-7-21(17-34)35-25-19(13-18(15-28)26(35)37)16-29-27(31-25)30-22-6-5-20(14-23(22)38-3)33-11-9-32(2)10-12-33/h4-6,13-14,16,21H,1,7-12,17H2,2-3H3,(H,29,30,31)/t21-/m1/s1. The fourth-order valence-corrected chi connectivity index (χ4v) is 5.05. The number of fused-ring (bicyclic) bond motifs is 1. The maximum Gasteiger partial charge on any atom is 0.270 e. The summed E-state index contributed by atoms with van der Waals surface area (Å²) in [5.74, 6) is 0.750. The van der Waals surface area contributed by atoms with Gasteiger partial charge in [-0.25, -0.2) is 4.98 Å². The van der Waals surface area contributed by atoms with Crippen molar-refractivity contribution in [3.8, 4) is 11.8 Å². The van der Waals surface area contributed by atoms with E-state index in [0.717, 1.165) is 31.9 Å². The molecule has 2 aliphatic rings. The molecule has 3 aromatic rings. The lowest BCUT2D eigenvalue weighted by Crippen LogP contribution is -2.44. The molecule has 38 heavy (non-hydrogen) atoms. The smallest absolute Gasteiger partial charge is 0.270 e. The van der Waals surface area contributed by atoms with Crippen LogP contribution in [0.25, 0.3) is 11.0 Å². The van der Waals surface area contributed by atoms with Gasteiger partial charge in [0.15, 0.2) is 0 Å². The van der Waals surface area contributed by atoms with Gasteiger partial charge < -0.3 is 24.8 Å². The number of likely N-dealkylation sites (N-methyl/N-ethyl adjacent to an activating group) is 1. The van der Waals surface area contributed by atoms with Crippen LogP contribution < -0.4 is 20.5 Å². The highest BCUT2D eigenvalue weighted by atomic mass is 16.5. The van der Waals surface area contributed by atoms with Gasteiger partial charge in [-0.2, -0.15) is 10.2 Å². The topological polar surface area (TPSA) is 120 Å². The summed E-state index contributed by atoms with van der Waals surface area (Å²) in [6.07, 6.45) is 3.42. The first-order chi connectivity index (χ1) is 18.4. The maximum atomic E-state index is 13.2. The minimum absolute atomic E-state index is 0.0106. The molecule has 1 N–H and O–H groups in total. The second-order valence-corrected chi connectivity index (χ2v) is 9.55. The van der Waals surface area contributed by atoms with Gasteiger partial charge in [0.25, 0.3) is 5.56 Å². The number of methoxy groups -OCH3 is 1. The van der Waals surface area contributed by atoms with E-state index < -0.39 is 5.56 Å². The number of nitriles is 1. The lowest BCUT2D eigenvalue weighted by atomic mass is 10.2. The second kappa shape index (κ2) is 10.5. The van der Waals surface area contributed by atoms with Crippen LogP contribution in [0.4, 0.5) is 17.3 Å². The number of carbonyl (C=O) groups excluding carboxylic acids is 1. The first-order valence-corrected chi connectivity index (χ1v) is 12.5. The Bertz CT molecular complexity index is 1490. The molecule has 0 unspecified atom stereocenters. The van der Waals surface area contributed by atoms with Gasteiger partial charge >= 0.3 is 0 Å². The van der Waals surface area contributed by atoms with Gasteiger partial charge in [0.2, 0.25) is 11.9 Å². The van der Waals surface area contributed by atoms with E-state index in [1.165, 1.54) is 16.7 Å². The van der Waals surface area contributed by atoms with Crippen LogP contribution in [0.5, 0.6) is 5.75 Å². The SMILES string of the molecule is C=CC(=O)N1CC[C@@H](n2c(=O)c(C#N)cc3cnc(Nc4ccc(N5CCN(C)CC5)cc4OC)nc32)C1. The highest BCUT2D eigenvalue weighted by Gasteiger charge is 2.29. The van der Waals surface area contributed by atoms with Crippen molar-refractivity contribution >= 4 is 34.3 Å². The molecule has 11 heteroatoms. The van der Waals surface area contributed by atoms with Gasteiger partial charge in [0.05, 0.1) is 18.8 Å². The molecule has 1 aromatic carbocycles. The number of piperazine rings is 1. The molecule has 1 atom stereocenters. The molecule has 0 radical (unpaired) electrons. The van der Waals surface area contributed by atoms with Gasteiger partial charge in [-0.15, -0.1) is 0 Å². The first kappa shape index (κ1) is 25.2. The third-order valence-corrected chi connectivity index (χ3v) is 7.21. The summed E-state index contributed by atoms with van der Waals surface area (Å²) in [6, 6.07) is 9.13. The highest BCUT2D eigenvalue weighted by molar-refractivity contribution is 5.87. The van der Waals surface area contributed by atoms with Crippen molar-refractivity contribution in [3.63, 3.8) is 0 Å². The average Bonchev–Trinajstić information content (AvgIpc) is 3.42. The number of carbonyl (C=O) groups is 1. The summed E-state index contributed by atoms with van der Waals surface area (Å²) in [4.78, 5) is 40.7. The van der Waals surface area contributed by atoms with Gasteiger partial charge in [0, 0.05) is 62.6 Å². The molecule has 2 aromatic heterocycles. The predicted molar refractivity (Wildman–Crippen MR) is 145 cm³/mol. The van der Waals surface area contributed by atoms with E-state index in [4.69, 9.17) is 4.74 Å². The molecule has 0 saturated carbocycles. The molecule has 2 aliphatic heterocycles. The molecule has 0 spiro atoms. The zero-order valence-corrected chi connectivity index (χ0v) is 21.6. The van der Waals surface area contributed by atoms with Gasteiger partial charge in [-0.05, 0) is 37.7 Å². The zero-order valence-electron chi connectivity index (χ0n) is 21.6. The largest absolute Gasteiger partial charge is 0.494 e. The number of nitrogens with one attached hydrogen (secondary N) is 1. The van der Waals surface area contributed by atoms with Gasteiger partial charge in [-0.1, -0.05) is 6.58 Å². The fourth-order valence-electron chi connectivity index (χ4n) is 5.05. The molecule has 4 heterocycles. The van der Waals surface area contributed by atoms with E-state index in [2.05, 4.69) is 38.7 Å². The Morgan fingerprint density at radius 1 is 1.24 bits per heavy atom. The number of rotatable bonds is 6. The summed E-state index contributed by atoms with van der Waals surface area (Å²) >= 11 is 0. The van der Waals surface area contributed by atoms with Crippen molar-refractivity contribution in [3.05, 3.63) is 59.0 Å². The maximum absolute atomic E-state index is 13.2. The number of nitrogens with zero attached hydrogens (tertiary/aromatic N) is 7. The number of benzene rings is 1. The molecule has 2 saturated heterocycles. The quantitative estimate of drug-likeness (QED) is 0.493. The fraction of sp³-hybridized carbons (Fsp3) is 0.370. The highest BCUT2D eigenvalue weighted by Crippen LogP contribution is 2.32. The molecule has 0 bridgehead atoms. The zero-order chi connectivity index (χ0) is 26.8. The Kier molecular flexibility index (Phi) is 6.98. The molecule has 5 rings (SSSR count). The van der Waals surface area contributed by atoms with E-state index in [1.54, 1.807) is 18.2 Å². The van der Waals surface area contributed by atoms with Crippen molar-refractivity contribution < 1.29 is 9.53 Å². The van der Waals surface area contributed by atoms with Gasteiger partial charge in [-0.3, -0.25) is 14.2 Å². The van der Waals surface area contributed by atoms with E-state index in [-0.39, 0.29) is 23.5 Å². The average molecular weight is 515 g/mol. The minimum Gasteiger partial charge on any atom is -0.494 e. The normalized spacial score (nSPS) is 17.9.